The van der Waals surface area contributed by atoms with Crippen LogP contribution in [0.5, 0.6) is 0 Å². The summed E-state index contributed by atoms with van der Waals surface area (Å²) >= 11 is 6.36. The van der Waals surface area contributed by atoms with E-state index in [1.165, 1.54) is 24.3 Å². The molecule has 0 saturated heterocycles. The van der Waals surface area contributed by atoms with Gasteiger partial charge in [-0.05, 0) is 52.3 Å². The fourth-order valence-electron chi connectivity index (χ4n) is 1.54. The summed E-state index contributed by atoms with van der Waals surface area (Å²) in [6.45, 7) is 0. The predicted molar refractivity (Wildman–Crippen MR) is 85.2 cm³/mol. The Morgan fingerprint density at radius 1 is 1.19 bits per heavy atom. The number of benzene rings is 1. The minimum atomic E-state index is -1.07. The van der Waals surface area contributed by atoms with E-state index in [0.717, 1.165) is 0 Å². The lowest BCUT2D eigenvalue weighted by atomic mass is 10.2. The van der Waals surface area contributed by atoms with E-state index in [1.54, 1.807) is 18.2 Å². The quantitative estimate of drug-likeness (QED) is 0.736. The van der Waals surface area contributed by atoms with Gasteiger partial charge in [-0.1, -0.05) is 15.9 Å². The molecular weight excluding hydrogens is 406 g/mol. The molecule has 0 spiro atoms. The third-order valence-corrected chi connectivity index (χ3v) is 3.29. The average molecular weight is 415 g/mol. The van der Waals surface area contributed by atoms with Gasteiger partial charge in [0.15, 0.2) is 4.67 Å². The van der Waals surface area contributed by atoms with Gasteiger partial charge in [0, 0.05) is 16.2 Å². The zero-order valence-corrected chi connectivity index (χ0v) is 13.6. The number of halogens is 2. The molecule has 0 fully saturated rings. The van der Waals surface area contributed by atoms with Crippen molar-refractivity contribution in [1.82, 2.24) is 0 Å². The molecule has 2 rings (SSSR count). The SMILES string of the molecule is O=C(/C=C/c1ccc(Br)o1)Nc1cc(Br)cc(C(=O)O)c1. The molecule has 108 valence electrons. The normalized spacial score (nSPS) is 10.8. The Hall–Kier alpha value is -1.86. The fraction of sp³-hybridized carbons (Fsp3) is 0. The largest absolute Gasteiger partial charge is 0.478 e. The number of hydrogen-bond donors (Lipinski definition) is 2. The van der Waals surface area contributed by atoms with Crippen LogP contribution >= 0.6 is 31.9 Å². The second-order valence-corrected chi connectivity index (χ2v) is 5.70. The topological polar surface area (TPSA) is 79.5 Å². The van der Waals surface area contributed by atoms with Crippen LogP contribution in [0.1, 0.15) is 16.1 Å². The summed E-state index contributed by atoms with van der Waals surface area (Å²) in [6, 6.07) is 7.86. The molecule has 0 aliphatic heterocycles. The smallest absolute Gasteiger partial charge is 0.335 e. The molecule has 1 heterocycles. The van der Waals surface area contributed by atoms with Gasteiger partial charge in [0.05, 0.1) is 5.56 Å². The van der Waals surface area contributed by atoms with Gasteiger partial charge in [-0.3, -0.25) is 4.79 Å². The van der Waals surface area contributed by atoms with E-state index in [1.807, 2.05) is 0 Å². The van der Waals surface area contributed by atoms with Crippen LogP contribution in [-0.2, 0) is 4.79 Å². The monoisotopic (exact) mass is 413 g/mol. The van der Waals surface area contributed by atoms with Gasteiger partial charge < -0.3 is 14.8 Å². The molecule has 1 amide bonds. The van der Waals surface area contributed by atoms with E-state index in [4.69, 9.17) is 9.52 Å². The summed E-state index contributed by atoms with van der Waals surface area (Å²) in [4.78, 5) is 22.7. The Balaban J connectivity index is 2.09. The second kappa shape index (κ2) is 6.73. The van der Waals surface area contributed by atoms with E-state index in [9.17, 15) is 9.59 Å². The van der Waals surface area contributed by atoms with Crippen LogP contribution in [0.4, 0.5) is 5.69 Å². The van der Waals surface area contributed by atoms with Crippen molar-refractivity contribution in [2.75, 3.05) is 5.32 Å². The van der Waals surface area contributed by atoms with Crippen LogP contribution in [0.15, 0.2) is 50.0 Å². The first kappa shape index (κ1) is 15.5. The molecule has 21 heavy (non-hydrogen) atoms. The standard InChI is InChI=1S/C14H9Br2NO4/c15-9-5-8(14(19)20)6-10(7-9)17-13(18)4-2-11-1-3-12(16)21-11/h1-7H,(H,17,18)(H,19,20)/b4-2+. The molecule has 0 aliphatic carbocycles. The number of anilines is 1. The lowest BCUT2D eigenvalue weighted by molar-refractivity contribution is -0.111. The molecule has 1 aromatic heterocycles. The highest BCUT2D eigenvalue weighted by atomic mass is 79.9. The Morgan fingerprint density at radius 2 is 1.95 bits per heavy atom. The molecule has 7 heteroatoms. The number of carboxylic acid groups (broad SMARTS) is 1. The van der Waals surface area contributed by atoms with Gasteiger partial charge in [-0.2, -0.15) is 0 Å². The van der Waals surface area contributed by atoms with E-state index in [0.29, 0.717) is 20.6 Å². The molecule has 0 atom stereocenters. The molecule has 0 unspecified atom stereocenters. The molecular formula is C14H9Br2NO4. The molecule has 2 aromatic rings. The Labute approximate surface area is 136 Å². The lowest BCUT2D eigenvalue weighted by Crippen LogP contribution is -2.08. The van der Waals surface area contributed by atoms with Gasteiger partial charge in [0.2, 0.25) is 5.91 Å². The molecule has 0 radical (unpaired) electrons. The van der Waals surface area contributed by atoms with E-state index in [2.05, 4.69) is 37.2 Å². The minimum Gasteiger partial charge on any atom is -0.478 e. The first-order valence-corrected chi connectivity index (χ1v) is 7.31. The number of rotatable bonds is 4. The summed E-state index contributed by atoms with van der Waals surface area (Å²) in [5, 5.41) is 11.5. The number of carbonyl (C=O) groups excluding carboxylic acids is 1. The summed E-state index contributed by atoms with van der Waals surface area (Å²) in [7, 11) is 0. The van der Waals surface area contributed by atoms with E-state index < -0.39 is 11.9 Å². The van der Waals surface area contributed by atoms with Crippen molar-refractivity contribution in [2.45, 2.75) is 0 Å². The average Bonchev–Trinajstić information content (AvgIpc) is 2.81. The van der Waals surface area contributed by atoms with Gasteiger partial charge >= 0.3 is 5.97 Å². The van der Waals surface area contributed by atoms with Gasteiger partial charge in [0.25, 0.3) is 0 Å². The van der Waals surface area contributed by atoms with Crippen molar-refractivity contribution < 1.29 is 19.1 Å². The number of aromatic carboxylic acids is 1. The maximum Gasteiger partial charge on any atom is 0.335 e. The van der Waals surface area contributed by atoms with Crippen molar-refractivity contribution >= 4 is 55.5 Å². The highest BCUT2D eigenvalue weighted by Gasteiger charge is 2.07. The summed E-state index contributed by atoms with van der Waals surface area (Å²) in [6.07, 6.45) is 2.81. The van der Waals surface area contributed by atoms with Crippen LogP contribution < -0.4 is 5.32 Å². The third-order valence-electron chi connectivity index (χ3n) is 2.41. The lowest BCUT2D eigenvalue weighted by Gasteiger charge is -2.04. The summed E-state index contributed by atoms with van der Waals surface area (Å²) in [5.74, 6) is -0.933. The zero-order valence-electron chi connectivity index (χ0n) is 10.5. The first-order chi connectivity index (χ1) is 9.94. The van der Waals surface area contributed by atoms with Crippen LogP contribution in [0.25, 0.3) is 6.08 Å². The second-order valence-electron chi connectivity index (χ2n) is 4.00. The Bertz CT molecular complexity index is 722. The first-order valence-electron chi connectivity index (χ1n) is 5.72. The number of furan rings is 1. The van der Waals surface area contributed by atoms with Crippen molar-refractivity contribution in [2.24, 2.45) is 0 Å². The van der Waals surface area contributed by atoms with Crippen LogP contribution in [0.3, 0.4) is 0 Å². The van der Waals surface area contributed by atoms with Gasteiger partial charge in [-0.25, -0.2) is 4.79 Å². The maximum atomic E-state index is 11.8. The van der Waals surface area contributed by atoms with Crippen LogP contribution in [0.2, 0.25) is 0 Å². The van der Waals surface area contributed by atoms with Crippen molar-refractivity contribution in [3.05, 3.63) is 56.9 Å². The predicted octanol–water partition coefficient (Wildman–Crippen LogP) is 4.15. The van der Waals surface area contributed by atoms with Crippen LogP contribution in [-0.4, -0.2) is 17.0 Å². The highest BCUT2D eigenvalue weighted by molar-refractivity contribution is 9.10. The third kappa shape index (κ3) is 4.57. The van der Waals surface area contributed by atoms with Crippen molar-refractivity contribution in [3.8, 4) is 0 Å². The van der Waals surface area contributed by atoms with E-state index >= 15 is 0 Å². The molecule has 5 nitrogen and oxygen atoms in total. The van der Waals surface area contributed by atoms with Crippen molar-refractivity contribution in [1.29, 1.82) is 0 Å². The van der Waals surface area contributed by atoms with Gasteiger partial charge in [-0.15, -0.1) is 0 Å². The molecule has 0 aliphatic rings. The highest BCUT2D eigenvalue weighted by Crippen LogP contribution is 2.20. The Morgan fingerprint density at radius 3 is 2.57 bits per heavy atom. The minimum absolute atomic E-state index is 0.0821. The zero-order chi connectivity index (χ0) is 15.4. The number of carbonyl (C=O) groups is 2. The number of carboxylic acids is 1. The number of hydrogen-bond acceptors (Lipinski definition) is 3. The molecule has 0 bridgehead atoms. The summed E-state index contributed by atoms with van der Waals surface area (Å²) in [5.41, 5.74) is 0.468. The Kier molecular flexibility index (Phi) is 4.98. The van der Waals surface area contributed by atoms with Crippen molar-refractivity contribution in [3.63, 3.8) is 0 Å². The number of amides is 1. The maximum absolute atomic E-state index is 11.8. The van der Waals surface area contributed by atoms with Gasteiger partial charge in [0.1, 0.15) is 5.76 Å². The van der Waals surface area contributed by atoms with Crippen LogP contribution in [0, 0.1) is 0 Å². The summed E-state index contributed by atoms with van der Waals surface area (Å²) < 4.78 is 6.35. The molecule has 1 aromatic carbocycles. The molecule has 2 N–H and O–H groups in total. The molecule has 0 saturated carbocycles. The fourth-order valence-corrected chi connectivity index (χ4v) is 2.36. The van der Waals surface area contributed by atoms with E-state index in [-0.39, 0.29) is 5.56 Å². The number of nitrogens with one attached hydrogen (secondary N) is 1.